The molecule has 3 rings (SSSR count). The number of hydrogen-bond acceptors (Lipinski definition) is 5. The van der Waals surface area contributed by atoms with Crippen LogP contribution in [0.2, 0.25) is 0 Å². The summed E-state index contributed by atoms with van der Waals surface area (Å²) in [6, 6.07) is 3.85. The van der Waals surface area contributed by atoms with Gasteiger partial charge in [0, 0.05) is 34.0 Å². The molecule has 7 heteroatoms. The van der Waals surface area contributed by atoms with E-state index in [4.69, 9.17) is 14.3 Å². The number of hydrogen-bond donors (Lipinski definition) is 1. The third-order valence-corrected chi connectivity index (χ3v) is 4.77. The lowest BCUT2D eigenvalue weighted by molar-refractivity contribution is -0.141. The van der Waals surface area contributed by atoms with Crippen molar-refractivity contribution in [2.45, 2.75) is 13.3 Å². The number of thiophene rings is 1. The summed E-state index contributed by atoms with van der Waals surface area (Å²) in [6.45, 7) is 1.49. The molecule has 3 aromatic rings. The number of fused-ring (bicyclic) bond motifs is 3. The highest BCUT2D eigenvalue weighted by molar-refractivity contribution is 7.21. The van der Waals surface area contributed by atoms with Gasteiger partial charge >= 0.3 is 5.97 Å². The Hall–Kier alpha value is -2.41. The van der Waals surface area contributed by atoms with Gasteiger partial charge in [-0.15, -0.1) is 11.3 Å². The molecule has 0 aliphatic carbocycles. The number of carboxylic acid groups (broad SMARTS) is 1. The first-order valence-corrected chi connectivity index (χ1v) is 7.68. The minimum atomic E-state index is -1.01. The molecule has 0 spiro atoms. The molecule has 0 bridgehead atoms. The lowest BCUT2D eigenvalue weighted by Gasteiger charge is -2.02. The van der Waals surface area contributed by atoms with Crippen LogP contribution in [0.5, 0.6) is 5.75 Å². The number of Topliss-reactive ketones (excluding diaryl/α,β-unsaturated/α-hetero) is 1. The molecule has 2 heterocycles. The molecule has 5 nitrogen and oxygen atoms in total. The smallest absolute Gasteiger partial charge is 0.306 e. The summed E-state index contributed by atoms with van der Waals surface area (Å²) in [5.41, 5.74) is 0.285. The topological polar surface area (TPSA) is 76.7 Å². The Morgan fingerprint density at radius 1 is 1.35 bits per heavy atom. The number of halogens is 1. The molecule has 1 aromatic carbocycles. The number of carbonyl (C=O) groups is 2. The van der Waals surface area contributed by atoms with Gasteiger partial charge in [-0.05, 0) is 6.07 Å². The third kappa shape index (κ3) is 2.68. The van der Waals surface area contributed by atoms with Gasteiger partial charge in [0.25, 0.3) is 6.01 Å². The molecule has 1 N–H and O–H groups in total. The monoisotopic (exact) mass is 336 g/mol. The Kier molecular flexibility index (Phi) is 3.81. The van der Waals surface area contributed by atoms with Gasteiger partial charge in [0.1, 0.15) is 0 Å². The second-order valence-corrected chi connectivity index (χ2v) is 6.34. The van der Waals surface area contributed by atoms with Crippen LogP contribution in [-0.2, 0) is 4.79 Å². The van der Waals surface area contributed by atoms with Crippen LogP contribution < -0.4 is 4.74 Å². The van der Waals surface area contributed by atoms with E-state index < -0.39 is 17.9 Å². The quantitative estimate of drug-likeness (QED) is 0.710. The summed E-state index contributed by atoms with van der Waals surface area (Å²) in [4.78, 5) is 23.6. The van der Waals surface area contributed by atoms with Crippen molar-refractivity contribution in [1.29, 1.82) is 0 Å². The van der Waals surface area contributed by atoms with Gasteiger partial charge < -0.3 is 14.3 Å². The van der Waals surface area contributed by atoms with Crippen molar-refractivity contribution in [2.24, 2.45) is 5.92 Å². The second kappa shape index (κ2) is 5.66. The molecule has 0 saturated carbocycles. The van der Waals surface area contributed by atoms with E-state index in [2.05, 4.69) is 0 Å². The second-order valence-electron chi connectivity index (χ2n) is 5.26. The first-order chi connectivity index (χ1) is 10.9. The summed E-state index contributed by atoms with van der Waals surface area (Å²) < 4.78 is 24.4. The van der Waals surface area contributed by atoms with Gasteiger partial charge in [0.2, 0.25) is 0 Å². The summed E-state index contributed by atoms with van der Waals surface area (Å²) >= 11 is 1.23. The van der Waals surface area contributed by atoms with Crippen molar-refractivity contribution in [3.05, 3.63) is 29.1 Å². The Balaban J connectivity index is 2.10. The summed E-state index contributed by atoms with van der Waals surface area (Å²) in [6.07, 6.45) is -0.0812. The molecular formula is C16H13FO5S. The number of ketones is 1. The van der Waals surface area contributed by atoms with Crippen LogP contribution in [0.3, 0.4) is 0 Å². The largest absolute Gasteiger partial charge is 0.493 e. The maximum absolute atomic E-state index is 13.4. The van der Waals surface area contributed by atoms with Crippen molar-refractivity contribution in [3.8, 4) is 5.75 Å². The van der Waals surface area contributed by atoms with Gasteiger partial charge in [0.15, 0.2) is 17.1 Å². The normalized spacial score (nSPS) is 12.7. The summed E-state index contributed by atoms with van der Waals surface area (Å²) in [7, 11) is 1.45. The number of carboxylic acids is 1. The number of carbonyl (C=O) groups excluding carboxylic acids is 1. The average molecular weight is 336 g/mol. The van der Waals surface area contributed by atoms with Crippen LogP contribution in [0.25, 0.3) is 21.1 Å². The van der Waals surface area contributed by atoms with Crippen molar-refractivity contribution < 1.29 is 28.2 Å². The average Bonchev–Trinajstić information content (AvgIpc) is 3.08. The number of benzene rings is 1. The Bertz CT molecular complexity index is 923. The van der Waals surface area contributed by atoms with E-state index in [0.29, 0.717) is 21.4 Å². The van der Waals surface area contributed by atoms with Gasteiger partial charge in [-0.2, -0.15) is 4.39 Å². The number of ether oxygens (including phenoxy) is 1. The van der Waals surface area contributed by atoms with E-state index in [0.717, 1.165) is 4.70 Å². The van der Waals surface area contributed by atoms with Gasteiger partial charge in [-0.25, -0.2) is 0 Å². The third-order valence-electron chi connectivity index (χ3n) is 3.65. The minimum absolute atomic E-state index is 0.0812. The molecular weight excluding hydrogens is 323 g/mol. The van der Waals surface area contributed by atoms with Crippen molar-refractivity contribution in [2.75, 3.05) is 7.11 Å². The first kappa shape index (κ1) is 15.5. The molecule has 1 atom stereocenters. The minimum Gasteiger partial charge on any atom is -0.493 e. The molecule has 23 heavy (non-hydrogen) atoms. The van der Waals surface area contributed by atoms with Gasteiger partial charge in [-0.1, -0.05) is 6.92 Å². The molecule has 0 aliphatic heterocycles. The first-order valence-electron chi connectivity index (χ1n) is 6.86. The standard InChI is InChI=1S/C16H13FO5S/c1-7(16(19)20)3-10(18)13-4-8-9-5-14(17)22-15(9)11(21-2)6-12(8)23-13/h4-7H,3H2,1-2H3,(H,19,20). The maximum Gasteiger partial charge on any atom is 0.306 e. The summed E-state index contributed by atoms with van der Waals surface area (Å²) in [5.74, 6) is -1.64. The van der Waals surface area contributed by atoms with Crippen LogP contribution in [0.1, 0.15) is 23.0 Å². The number of rotatable bonds is 5. The zero-order valence-corrected chi connectivity index (χ0v) is 13.2. The van der Waals surface area contributed by atoms with Crippen LogP contribution in [0, 0.1) is 11.9 Å². The van der Waals surface area contributed by atoms with Crippen molar-refractivity contribution >= 4 is 44.1 Å². The van der Waals surface area contributed by atoms with Crippen LogP contribution in [0.15, 0.2) is 22.6 Å². The van der Waals surface area contributed by atoms with E-state index in [1.807, 2.05) is 0 Å². The fraction of sp³-hybridized carbons (Fsp3) is 0.250. The molecule has 0 fully saturated rings. The predicted octanol–water partition coefficient (Wildman–Crippen LogP) is 4.09. The molecule has 1 unspecified atom stereocenters. The van der Waals surface area contributed by atoms with E-state index in [1.54, 1.807) is 12.1 Å². The molecule has 0 amide bonds. The number of aliphatic carboxylic acids is 1. The van der Waals surface area contributed by atoms with Crippen LogP contribution in [-0.4, -0.2) is 24.0 Å². The van der Waals surface area contributed by atoms with Gasteiger partial charge in [-0.3, -0.25) is 9.59 Å². The number of methoxy groups -OCH3 is 1. The Morgan fingerprint density at radius 3 is 2.74 bits per heavy atom. The Labute approximate surface area is 134 Å². The van der Waals surface area contributed by atoms with Gasteiger partial charge in [0.05, 0.1) is 17.9 Å². The molecule has 0 saturated heterocycles. The zero-order valence-electron chi connectivity index (χ0n) is 12.4. The van der Waals surface area contributed by atoms with E-state index >= 15 is 0 Å². The maximum atomic E-state index is 13.4. The fourth-order valence-corrected chi connectivity index (χ4v) is 3.46. The molecule has 0 radical (unpaired) electrons. The lowest BCUT2D eigenvalue weighted by Crippen LogP contribution is -2.13. The van der Waals surface area contributed by atoms with Crippen LogP contribution >= 0.6 is 11.3 Å². The summed E-state index contributed by atoms with van der Waals surface area (Å²) in [5, 5.41) is 10.1. The SMILES string of the molecule is COc1cc2sc(C(=O)CC(C)C(=O)O)cc2c2cc(F)oc12. The predicted molar refractivity (Wildman–Crippen MR) is 83.9 cm³/mol. The highest BCUT2D eigenvalue weighted by Crippen LogP contribution is 2.39. The number of furan rings is 1. The highest BCUT2D eigenvalue weighted by atomic mass is 32.1. The zero-order chi connectivity index (χ0) is 16.7. The highest BCUT2D eigenvalue weighted by Gasteiger charge is 2.21. The van der Waals surface area contributed by atoms with E-state index in [1.165, 1.54) is 31.4 Å². The van der Waals surface area contributed by atoms with E-state index in [9.17, 15) is 14.0 Å². The van der Waals surface area contributed by atoms with Crippen LogP contribution in [0.4, 0.5) is 4.39 Å². The van der Waals surface area contributed by atoms with E-state index in [-0.39, 0.29) is 17.8 Å². The molecule has 120 valence electrons. The van der Waals surface area contributed by atoms with Crippen molar-refractivity contribution in [1.82, 2.24) is 0 Å². The molecule has 2 aromatic heterocycles. The lowest BCUT2D eigenvalue weighted by atomic mass is 10.0. The molecule has 0 aliphatic rings. The van der Waals surface area contributed by atoms with Crippen molar-refractivity contribution in [3.63, 3.8) is 0 Å². The fourth-order valence-electron chi connectivity index (χ4n) is 2.41. The Morgan fingerprint density at radius 2 is 2.09 bits per heavy atom.